The van der Waals surface area contributed by atoms with Gasteiger partial charge in [0.1, 0.15) is 5.82 Å². The first-order valence-corrected chi connectivity index (χ1v) is 11.1. The van der Waals surface area contributed by atoms with Crippen LogP contribution in [0.15, 0.2) is 59.4 Å². The number of nitrogens with zero attached hydrogens (tertiary/aromatic N) is 2. The van der Waals surface area contributed by atoms with Crippen LogP contribution in [0.2, 0.25) is 5.02 Å². The first kappa shape index (κ1) is 20.0. The molecule has 6 heteroatoms. The van der Waals surface area contributed by atoms with Crippen molar-refractivity contribution in [3.05, 3.63) is 98.2 Å². The SMILES string of the molecule is O=C(CCc1cccc(Cl)c1)N1CCc2nc(C3(c4ccccc4)CC3)[nH]c(=O)c2C1. The molecule has 3 aromatic rings. The third kappa shape index (κ3) is 3.90. The van der Waals surface area contributed by atoms with Crippen molar-refractivity contribution in [1.82, 2.24) is 14.9 Å². The summed E-state index contributed by atoms with van der Waals surface area (Å²) in [6, 6.07) is 17.8. The number of fused-ring (bicyclic) bond motifs is 1. The second-order valence-corrected chi connectivity index (χ2v) is 8.92. The summed E-state index contributed by atoms with van der Waals surface area (Å²) in [5.74, 6) is 0.820. The number of nitrogens with one attached hydrogen (secondary N) is 1. The summed E-state index contributed by atoms with van der Waals surface area (Å²) in [6.45, 7) is 0.917. The Labute approximate surface area is 186 Å². The Kier molecular flexibility index (Phi) is 5.14. The molecular formula is C25H24ClN3O2. The van der Waals surface area contributed by atoms with Crippen LogP contribution in [0.3, 0.4) is 0 Å². The minimum absolute atomic E-state index is 0.0528. The number of benzene rings is 2. The molecule has 1 aromatic heterocycles. The molecule has 5 rings (SSSR count). The summed E-state index contributed by atoms with van der Waals surface area (Å²) in [7, 11) is 0. The Balaban J connectivity index is 1.32. The molecule has 158 valence electrons. The highest BCUT2D eigenvalue weighted by molar-refractivity contribution is 6.30. The van der Waals surface area contributed by atoms with Gasteiger partial charge in [0.2, 0.25) is 5.91 Å². The molecule has 2 aromatic carbocycles. The molecule has 0 atom stereocenters. The molecule has 0 saturated heterocycles. The zero-order chi connectivity index (χ0) is 21.4. The third-order valence-electron chi connectivity index (χ3n) is 6.47. The molecule has 0 bridgehead atoms. The van der Waals surface area contributed by atoms with E-state index in [-0.39, 0.29) is 16.9 Å². The van der Waals surface area contributed by atoms with Gasteiger partial charge in [0.05, 0.1) is 23.2 Å². The lowest BCUT2D eigenvalue weighted by Crippen LogP contribution is -2.40. The Bertz CT molecular complexity index is 1180. The number of halogens is 1. The highest BCUT2D eigenvalue weighted by Gasteiger charge is 2.48. The van der Waals surface area contributed by atoms with E-state index in [1.54, 1.807) is 4.90 Å². The van der Waals surface area contributed by atoms with Crippen LogP contribution in [-0.4, -0.2) is 27.3 Å². The van der Waals surface area contributed by atoms with E-state index in [2.05, 4.69) is 17.1 Å². The van der Waals surface area contributed by atoms with Crippen molar-refractivity contribution in [2.75, 3.05) is 6.54 Å². The maximum absolute atomic E-state index is 12.9. The van der Waals surface area contributed by atoms with Gasteiger partial charge in [-0.2, -0.15) is 0 Å². The lowest BCUT2D eigenvalue weighted by molar-refractivity contribution is -0.132. The maximum atomic E-state index is 12.9. The number of aryl methyl sites for hydroxylation is 1. The largest absolute Gasteiger partial charge is 0.338 e. The Morgan fingerprint density at radius 2 is 1.94 bits per heavy atom. The van der Waals surface area contributed by atoms with Crippen LogP contribution in [0.5, 0.6) is 0 Å². The van der Waals surface area contributed by atoms with Gasteiger partial charge < -0.3 is 9.88 Å². The molecular weight excluding hydrogens is 410 g/mol. The smallest absolute Gasteiger partial charge is 0.256 e. The number of aromatic nitrogens is 2. The minimum atomic E-state index is -0.167. The fraction of sp³-hybridized carbons (Fsp3) is 0.320. The molecule has 31 heavy (non-hydrogen) atoms. The third-order valence-corrected chi connectivity index (χ3v) is 6.70. The summed E-state index contributed by atoms with van der Waals surface area (Å²) in [4.78, 5) is 35.4. The summed E-state index contributed by atoms with van der Waals surface area (Å²) in [5, 5.41) is 0.675. The van der Waals surface area contributed by atoms with E-state index in [1.807, 2.05) is 42.5 Å². The Morgan fingerprint density at radius 3 is 2.68 bits per heavy atom. The normalized spacial score (nSPS) is 16.6. The van der Waals surface area contributed by atoms with Gasteiger partial charge in [-0.15, -0.1) is 0 Å². The van der Waals surface area contributed by atoms with Crippen molar-refractivity contribution in [3.8, 4) is 0 Å². The van der Waals surface area contributed by atoms with Gasteiger partial charge >= 0.3 is 0 Å². The first-order valence-electron chi connectivity index (χ1n) is 10.8. The number of rotatable bonds is 5. The molecule has 1 saturated carbocycles. The van der Waals surface area contributed by atoms with E-state index < -0.39 is 0 Å². The highest BCUT2D eigenvalue weighted by atomic mass is 35.5. The van der Waals surface area contributed by atoms with Crippen molar-refractivity contribution >= 4 is 17.5 Å². The van der Waals surface area contributed by atoms with Gasteiger partial charge in [0, 0.05) is 24.4 Å². The van der Waals surface area contributed by atoms with Crippen molar-refractivity contribution in [2.45, 2.75) is 44.1 Å². The van der Waals surface area contributed by atoms with Crippen molar-refractivity contribution in [1.29, 1.82) is 0 Å². The van der Waals surface area contributed by atoms with E-state index in [4.69, 9.17) is 16.6 Å². The second kappa shape index (κ2) is 7.97. The topological polar surface area (TPSA) is 66.1 Å². The van der Waals surface area contributed by atoms with Gasteiger partial charge in [-0.25, -0.2) is 4.98 Å². The fourth-order valence-electron chi connectivity index (χ4n) is 4.51. The van der Waals surface area contributed by atoms with Gasteiger partial charge in [0.15, 0.2) is 0 Å². The summed E-state index contributed by atoms with van der Waals surface area (Å²) >= 11 is 6.03. The molecule has 5 nitrogen and oxygen atoms in total. The molecule has 1 fully saturated rings. The number of aromatic amines is 1. The van der Waals surface area contributed by atoms with E-state index >= 15 is 0 Å². The van der Waals surface area contributed by atoms with E-state index in [1.165, 1.54) is 5.56 Å². The van der Waals surface area contributed by atoms with Crippen LogP contribution in [-0.2, 0) is 29.6 Å². The molecule has 0 unspecified atom stereocenters. The Hall–Kier alpha value is -2.92. The average Bonchev–Trinajstić information content (AvgIpc) is 3.60. The predicted octanol–water partition coefficient (Wildman–Crippen LogP) is 4.02. The average molecular weight is 434 g/mol. The second-order valence-electron chi connectivity index (χ2n) is 8.48. The van der Waals surface area contributed by atoms with Crippen LogP contribution in [0.4, 0.5) is 0 Å². The van der Waals surface area contributed by atoms with Crippen molar-refractivity contribution in [3.63, 3.8) is 0 Å². The number of hydrogen-bond donors (Lipinski definition) is 1. The highest BCUT2D eigenvalue weighted by Crippen LogP contribution is 2.51. The first-order chi connectivity index (χ1) is 15.0. The van der Waals surface area contributed by atoms with Crippen LogP contribution < -0.4 is 5.56 Å². The number of carbonyl (C=O) groups excluding carboxylic acids is 1. The zero-order valence-electron chi connectivity index (χ0n) is 17.2. The summed E-state index contributed by atoms with van der Waals surface area (Å²) in [6.07, 6.45) is 3.63. The van der Waals surface area contributed by atoms with E-state index in [0.717, 1.165) is 29.9 Å². The number of H-pyrrole nitrogens is 1. The monoisotopic (exact) mass is 433 g/mol. The zero-order valence-corrected chi connectivity index (χ0v) is 18.0. The Morgan fingerprint density at radius 1 is 1.13 bits per heavy atom. The van der Waals surface area contributed by atoms with E-state index in [0.29, 0.717) is 42.9 Å². The predicted molar refractivity (Wildman–Crippen MR) is 120 cm³/mol. The quantitative estimate of drug-likeness (QED) is 0.660. The summed E-state index contributed by atoms with van der Waals surface area (Å²) < 4.78 is 0. The van der Waals surface area contributed by atoms with Gasteiger partial charge in [0.25, 0.3) is 5.56 Å². The summed E-state index contributed by atoms with van der Waals surface area (Å²) in [5.41, 5.74) is 3.41. The van der Waals surface area contributed by atoms with Crippen molar-refractivity contribution in [2.24, 2.45) is 0 Å². The molecule has 2 aliphatic rings. The van der Waals surface area contributed by atoms with Crippen molar-refractivity contribution < 1.29 is 4.79 Å². The molecule has 1 aliphatic carbocycles. The fourth-order valence-corrected chi connectivity index (χ4v) is 4.72. The van der Waals surface area contributed by atoms with Gasteiger partial charge in [-0.1, -0.05) is 54.1 Å². The molecule has 1 amide bonds. The maximum Gasteiger partial charge on any atom is 0.256 e. The van der Waals surface area contributed by atoms with Crippen LogP contribution in [0.25, 0.3) is 0 Å². The van der Waals surface area contributed by atoms with E-state index in [9.17, 15) is 9.59 Å². The molecule has 1 N–H and O–H groups in total. The van der Waals surface area contributed by atoms with Crippen LogP contribution >= 0.6 is 11.6 Å². The van der Waals surface area contributed by atoms with Gasteiger partial charge in [-0.3, -0.25) is 9.59 Å². The standard InChI is InChI=1S/C25H24ClN3O2/c26-19-8-4-5-17(15-19)9-10-22(30)29-14-11-21-20(16-29)23(31)28-24(27-21)25(12-13-25)18-6-2-1-3-7-18/h1-8,15H,9-14,16H2,(H,27,28,31). The lowest BCUT2D eigenvalue weighted by Gasteiger charge is -2.28. The van der Waals surface area contributed by atoms with Crippen LogP contribution in [0, 0.1) is 0 Å². The molecule has 2 heterocycles. The molecule has 1 aliphatic heterocycles. The minimum Gasteiger partial charge on any atom is -0.338 e. The molecule has 0 radical (unpaired) electrons. The molecule has 0 spiro atoms. The lowest BCUT2D eigenvalue weighted by atomic mass is 9.94. The number of carbonyl (C=O) groups is 1. The van der Waals surface area contributed by atoms with Gasteiger partial charge in [-0.05, 0) is 42.5 Å². The van der Waals surface area contributed by atoms with Crippen LogP contribution in [0.1, 0.15) is 47.5 Å². The number of amides is 1. The number of hydrogen-bond acceptors (Lipinski definition) is 3.